The van der Waals surface area contributed by atoms with Gasteiger partial charge < -0.3 is 5.32 Å². The summed E-state index contributed by atoms with van der Waals surface area (Å²) in [4.78, 5) is 29.2. The molecule has 0 saturated carbocycles. The molecule has 5 aromatic rings. The van der Waals surface area contributed by atoms with Gasteiger partial charge in [0, 0.05) is 47.4 Å². The van der Waals surface area contributed by atoms with Crippen LogP contribution in [0, 0.1) is 5.95 Å². The maximum Gasteiger partial charge on any atom is 0.418 e. The molecule has 1 aliphatic rings. The van der Waals surface area contributed by atoms with Gasteiger partial charge in [-0.2, -0.15) is 31.4 Å². The third-order valence-corrected chi connectivity index (χ3v) is 6.99. The van der Waals surface area contributed by atoms with E-state index in [-0.39, 0.29) is 23.6 Å². The van der Waals surface area contributed by atoms with Crippen molar-refractivity contribution in [1.29, 1.82) is 0 Å². The molecule has 41 heavy (non-hydrogen) atoms. The molecule has 0 saturated heterocycles. The number of halogens is 6. The summed E-state index contributed by atoms with van der Waals surface area (Å²) >= 11 is 0. The predicted octanol–water partition coefficient (Wildman–Crippen LogP) is 4.76. The highest BCUT2D eigenvalue weighted by Crippen LogP contribution is 2.50. The molecule has 0 fully saturated rings. The van der Waals surface area contributed by atoms with Gasteiger partial charge >= 0.3 is 12.7 Å². The molecular weight excluding hydrogens is 556 g/mol. The average molecular weight is 573 g/mol. The van der Waals surface area contributed by atoms with E-state index in [1.165, 1.54) is 35.4 Å². The van der Waals surface area contributed by atoms with Gasteiger partial charge in [0.2, 0.25) is 11.9 Å². The van der Waals surface area contributed by atoms with Crippen LogP contribution in [-0.4, -0.2) is 45.2 Å². The second-order valence-corrected chi connectivity index (χ2v) is 9.55. The van der Waals surface area contributed by atoms with Crippen molar-refractivity contribution >= 4 is 17.2 Å². The molecule has 1 amide bonds. The van der Waals surface area contributed by atoms with E-state index in [4.69, 9.17) is 0 Å². The number of alkyl halides is 5. The van der Waals surface area contributed by atoms with Crippen molar-refractivity contribution in [2.45, 2.75) is 37.4 Å². The first-order valence-corrected chi connectivity index (χ1v) is 12.0. The quantitative estimate of drug-likeness (QED) is 0.302. The van der Waals surface area contributed by atoms with Crippen molar-refractivity contribution in [2.24, 2.45) is 0 Å². The number of aromatic nitrogens is 8. The van der Waals surface area contributed by atoms with Crippen LogP contribution < -0.4 is 5.32 Å². The molecular formula is C25H17F6N9O. The van der Waals surface area contributed by atoms with E-state index in [0.717, 1.165) is 24.5 Å². The largest absolute Gasteiger partial charge is 0.418 e. The summed E-state index contributed by atoms with van der Waals surface area (Å²) in [7, 11) is 0. The lowest BCUT2D eigenvalue weighted by Gasteiger charge is -2.24. The van der Waals surface area contributed by atoms with Crippen molar-refractivity contribution in [2.75, 3.05) is 5.32 Å². The Morgan fingerprint density at radius 2 is 1.85 bits per heavy atom. The Kier molecular flexibility index (Phi) is 6.00. The van der Waals surface area contributed by atoms with Crippen LogP contribution in [0.15, 0.2) is 55.4 Å². The van der Waals surface area contributed by atoms with E-state index < -0.39 is 47.2 Å². The first kappa shape index (κ1) is 26.3. The summed E-state index contributed by atoms with van der Waals surface area (Å²) in [6.07, 6.45) is 2.40. The fourth-order valence-corrected chi connectivity index (χ4v) is 5.14. The molecule has 5 heterocycles. The summed E-state index contributed by atoms with van der Waals surface area (Å²) in [5.41, 5.74) is -2.07. The lowest BCUT2D eigenvalue weighted by Crippen LogP contribution is -2.25. The molecule has 2 atom stereocenters. The van der Waals surface area contributed by atoms with E-state index in [1.54, 1.807) is 6.92 Å². The summed E-state index contributed by atoms with van der Waals surface area (Å²) in [6.45, 7) is -1.27. The zero-order chi connectivity index (χ0) is 29.1. The van der Waals surface area contributed by atoms with Crippen LogP contribution in [0.3, 0.4) is 0 Å². The first-order valence-electron chi connectivity index (χ1n) is 12.0. The van der Waals surface area contributed by atoms with Crippen molar-refractivity contribution < 1.29 is 31.1 Å². The Morgan fingerprint density at radius 1 is 1.10 bits per heavy atom. The average Bonchev–Trinajstić information content (AvgIpc) is 3.64. The molecule has 0 radical (unpaired) electrons. The third-order valence-electron chi connectivity index (χ3n) is 6.99. The van der Waals surface area contributed by atoms with Gasteiger partial charge in [-0.25, -0.2) is 24.1 Å². The molecule has 0 bridgehead atoms. The Labute approximate surface area is 226 Å². The van der Waals surface area contributed by atoms with Crippen LogP contribution in [0.1, 0.15) is 48.2 Å². The number of nitrogens with zero attached hydrogens (tertiary/aromatic N) is 8. The van der Waals surface area contributed by atoms with Gasteiger partial charge in [0.25, 0.3) is 0 Å². The zero-order valence-corrected chi connectivity index (χ0v) is 20.8. The van der Waals surface area contributed by atoms with E-state index in [2.05, 4.69) is 35.5 Å². The molecule has 1 N–H and O–H groups in total. The molecule has 1 aliphatic carbocycles. The number of hydrogen-bond acceptors (Lipinski definition) is 7. The van der Waals surface area contributed by atoms with Gasteiger partial charge in [-0.15, -0.1) is 5.10 Å². The van der Waals surface area contributed by atoms with Crippen molar-refractivity contribution in [1.82, 2.24) is 39.3 Å². The van der Waals surface area contributed by atoms with Crippen molar-refractivity contribution in [3.05, 3.63) is 83.7 Å². The standard InChI is InChI=1S/C25H17F6N9O/c1-24(12-8-36-39(11-12)23(27)28)7-14(15-10-34-18-6-17(26)38-40(18)20(15)24)22(41)37-13-5-16(25(29,30)31)19(35-9-13)21-32-3-2-4-33-21/h2-6,8-11,14,23H,7H2,1H3,(H,37,41). The van der Waals surface area contributed by atoms with E-state index in [0.29, 0.717) is 21.5 Å². The Bertz CT molecular complexity index is 1790. The summed E-state index contributed by atoms with van der Waals surface area (Å²) in [5.74, 6) is -2.84. The van der Waals surface area contributed by atoms with Crippen LogP contribution in [0.25, 0.3) is 17.2 Å². The second-order valence-electron chi connectivity index (χ2n) is 9.55. The molecule has 5 aromatic heterocycles. The van der Waals surface area contributed by atoms with Gasteiger partial charge in [0.15, 0.2) is 11.5 Å². The molecule has 0 aliphatic heterocycles. The number of anilines is 1. The minimum atomic E-state index is -4.84. The second kappa shape index (κ2) is 9.35. The predicted molar refractivity (Wildman–Crippen MR) is 129 cm³/mol. The fraction of sp³-hybridized carbons (Fsp3) is 0.240. The molecule has 210 valence electrons. The maximum atomic E-state index is 14.1. The van der Waals surface area contributed by atoms with Crippen LogP contribution >= 0.6 is 0 Å². The number of rotatable bonds is 5. The van der Waals surface area contributed by atoms with E-state index >= 15 is 0 Å². The Balaban J connectivity index is 1.40. The van der Waals surface area contributed by atoms with Crippen molar-refractivity contribution in [3.63, 3.8) is 0 Å². The maximum absolute atomic E-state index is 14.1. The van der Waals surface area contributed by atoms with Crippen LogP contribution in [0.4, 0.5) is 32.0 Å². The highest BCUT2D eigenvalue weighted by molar-refractivity contribution is 5.97. The van der Waals surface area contributed by atoms with E-state index in [9.17, 15) is 31.1 Å². The SMILES string of the molecule is CC1(c2cnn(C(F)F)c2)CC(C(=O)Nc2cnc(-c3ncccn3)c(C(F)(F)F)c2)c2cnc3cc(F)nn3c21. The Morgan fingerprint density at radius 3 is 2.54 bits per heavy atom. The first-order chi connectivity index (χ1) is 19.5. The highest BCUT2D eigenvalue weighted by atomic mass is 19.4. The van der Waals surface area contributed by atoms with Crippen molar-refractivity contribution in [3.8, 4) is 11.5 Å². The number of hydrogen-bond donors (Lipinski definition) is 1. The fourth-order valence-electron chi connectivity index (χ4n) is 5.14. The number of amides is 1. The molecule has 0 aromatic carbocycles. The smallest absolute Gasteiger partial charge is 0.324 e. The molecule has 2 unspecified atom stereocenters. The lowest BCUT2D eigenvalue weighted by atomic mass is 9.80. The van der Waals surface area contributed by atoms with Crippen LogP contribution in [0.2, 0.25) is 0 Å². The van der Waals surface area contributed by atoms with Gasteiger partial charge in [0.05, 0.1) is 35.3 Å². The summed E-state index contributed by atoms with van der Waals surface area (Å²) < 4.78 is 84.2. The van der Waals surface area contributed by atoms with Crippen LogP contribution in [-0.2, 0) is 16.4 Å². The minimum Gasteiger partial charge on any atom is -0.324 e. The zero-order valence-electron chi connectivity index (χ0n) is 20.8. The topological polar surface area (TPSA) is 116 Å². The van der Waals surface area contributed by atoms with Gasteiger partial charge in [-0.3, -0.25) is 9.78 Å². The monoisotopic (exact) mass is 573 g/mol. The summed E-state index contributed by atoms with van der Waals surface area (Å²) in [6, 6.07) is 3.24. The number of carbonyl (C=O) groups excluding carboxylic acids is 1. The Hall–Kier alpha value is -4.89. The molecule has 16 heteroatoms. The third kappa shape index (κ3) is 4.44. The molecule has 0 spiro atoms. The van der Waals surface area contributed by atoms with Crippen LogP contribution in [0.5, 0.6) is 0 Å². The number of nitrogens with one attached hydrogen (secondary N) is 1. The molecule has 6 rings (SSSR count). The van der Waals surface area contributed by atoms with Gasteiger partial charge in [-0.1, -0.05) is 0 Å². The number of pyridine rings is 1. The number of fused-ring (bicyclic) bond motifs is 3. The lowest BCUT2D eigenvalue weighted by molar-refractivity contribution is -0.137. The van der Waals surface area contributed by atoms with E-state index in [1.807, 2.05) is 0 Å². The highest BCUT2D eigenvalue weighted by Gasteiger charge is 2.48. The normalized spacial score (nSPS) is 18.7. The van der Waals surface area contributed by atoms with Gasteiger partial charge in [-0.05, 0) is 25.5 Å². The van der Waals surface area contributed by atoms with Gasteiger partial charge in [0.1, 0.15) is 5.69 Å². The minimum absolute atomic E-state index is 0.0269. The summed E-state index contributed by atoms with van der Waals surface area (Å²) in [5, 5.41) is 9.99. The number of carbonyl (C=O) groups is 1. The molecule has 10 nitrogen and oxygen atoms in total.